The summed E-state index contributed by atoms with van der Waals surface area (Å²) in [5.74, 6) is 0. The van der Waals surface area contributed by atoms with Gasteiger partial charge in [0.2, 0.25) is 0 Å². The van der Waals surface area contributed by atoms with Crippen LogP contribution < -0.4 is 0 Å². The Morgan fingerprint density at radius 3 is 2.20 bits per heavy atom. The van der Waals surface area contributed by atoms with E-state index in [0.717, 1.165) is 25.9 Å². The van der Waals surface area contributed by atoms with Crippen molar-refractivity contribution in [2.75, 3.05) is 13.1 Å². The maximum absolute atomic E-state index is 10.9. The minimum atomic E-state index is -0.282. The van der Waals surface area contributed by atoms with E-state index < -0.39 is 0 Å². The average molecular weight is 142 g/mol. The monoisotopic (exact) mass is 142 g/mol. The third kappa shape index (κ3) is 1.96. The minimum Gasteiger partial charge on any atom is -0.301 e. The highest BCUT2D eigenvalue weighted by molar-refractivity contribution is 4.72. The van der Waals surface area contributed by atoms with E-state index in [0.29, 0.717) is 6.04 Å². The quantitative estimate of drug-likeness (QED) is 0.541. The van der Waals surface area contributed by atoms with E-state index >= 15 is 0 Å². The Kier molecular flexibility index (Phi) is 2.69. The Morgan fingerprint density at radius 2 is 1.80 bits per heavy atom. The van der Waals surface area contributed by atoms with Crippen LogP contribution in [0.5, 0.6) is 0 Å². The molecule has 2 heteroatoms. The fourth-order valence-corrected chi connectivity index (χ4v) is 1.39. The van der Waals surface area contributed by atoms with Crippen molar-refractivity contribution < 1.29 is 5.11 Å². The highest BCUT2D eigenvalue weighted by Gasteiger charge is 2.19. The highest BCUT2D eigenvalue weighted by atomic mass is 16.3. The van der Waals surface area contributed by atoms with Crippen LogP contribution in [0.15, 0.2) is 0 Å². The molecule has 1 fully saturated rings. The van der Waals surface area contributed by atoms with E-state index in [2.05, 4.69) is 18.7 Å². The molecular weight excluding hydrogens is 126 g/mol. The Morgan fingerprint density at radius 1 is 1.30 bits per heavy atom. The summed E-state index contributed by atoms with van der Waals surface area (Å²) in [5.41, 5.74) is 0. The summed E-state index contributed by atoms with van der Waals surface area (Å²) < 4.78 is 0. The van der Waals surface area contributed by atoms with Gasteiger partial charge in [0.1, 0.15) is 0 Å². The number of piperidine rings is 1. The van der Waals surface area contributed by atoms with Crippen LogP contribution in [0, 0.1) is 0 Å². The van der Waals surface area contributed by atoms with Crippen molar-refractivity contribution >= 4 is 0 Å². The van der Waals surface area contributed by atoms with Crippen molar-refractivity contribution in [2.45, 2.75) is 38.8 Å². The summed E-state index contributed by atoms with van der Waals surface area (Å²) in [7, 11) is 0. The van der Waals surface area contributed by atoms with E-state index in [1.807, 2.05) is 0 Å². The van der Waals surface area contributed by atoms with Gasteiger partial charge in [0.25, 0.3) is 0 Å². The fraction of sp³-hybridized carbons (Fsp3) is 1.00. The van der Waals surface area contributed by atoms with Gasteiger partial charge < -0.3 is 4.90 Å². The first-order valence-electron chi connectivity index (χ1n) is 4.10. The molecule has 2 nitrogen and oxygen atoms in total. The fourth-order valence-electron chi connectivity index (χ4n) is 1.39. The first-order valence-corrected chi connectivity index (χ1v) is 4.10. The summed E-state index contributed by atoms with van der Waals surface area (Å²) >= 11 is 0. The van der Waals surface area contributed by atoms with Gasteiger partial charge in [-0.2, -0.15) is 0 Å². The lowest BCUT2D eigenvalue weighted by Gasteiger charge is -2.31. The first-order chi connectivity index (χ1) is 4.70. The summed E-state index contributed by atoms with van der Waals surface area (Å²) in [4.78, 5) is 2.37. The van der Waals surface area contributed by atoms with Crippen LogP contribution in [0.1, 0.15) is 26.7 Å². The van der Waals surface area contributed by atoms with Crippen LogP contribution in [-0.2, 0) is 5.11 Å². The van der Waals surface area contributed by atoms with Crippen molar-refractivity contribution in [1.82, 2.24) is 4.90 Å². The number of hydrogen-bond donors (Lipinski definition) is 0. The third-order valence-electron chi connectivity index (χ3n) is 2.21. The van der Waals surface area contributed by atoms with Crippen molar-refractivity contribution in [2.24, 2.45) is 0 Å². The molecular formula is C8H16NO. The van der Waals surface area contributed by atoms with E-state index in [9.17, 15) is 5.11 Å². The van der Waals surface area contributed by atoms with Gasteiger partial charge in [0, 0.05) is 19.1 Å². The van der Waals surface area contributed by atoms with Gasteiger partial charge in [-0.3, -0.25) is 0 Å². The SMILES string of the molecule is CC(C)N1CCC([O])CC1. The topological polar surface area (TPSA) is 23.1 Å². The number of rotatable bonds is 1. The first kappa shape index (κ1) is 8.02. The van der Waals surface area contributed by atoms with Crippen LogP contribution >= 0.6 is 0 Å². The summed E-state index contributed by atoms with van der Waals surface area (Å²) in [6, 6.07) is 0.618. The van der Waals surface area contributed by atoms with Gasteiger partial charge in [-0.1, -0.05) is 0 Å². The van der Waals surface area contributed by atoms with Gasteiger partial charge in [-0.15, -0.1) is 0 Å². The molecule has 0 aliphatic carbocycles. The van der Waals surface area contributed by atoms with Gasteiger partial charge in [0.15, 0.2) is 0 Å². The normalized spacial score (nSPS) is 24.0. The number of hydrogen-bond acceptors (Lipinski definition) is 1. The molecule has 0 aromatic carbocycles. The molecule has 1 rings (SSSR count). The van der Waals surface area contributed by atoms with Gasteiger partial charge in [-0.05, 0) is 26.7 Å². The third-order valence-corrected chi connectivity index (χ3v) is 2.21. The summed E-state index contributed by atoms with van der Waals surface area (Å²) in [5, 5.41) is 10.9. The molecule has 0 aromatic heterocycles. The zero-order valence-corrected chi connectivity index (χ0v) is 6.84. The molecule has 1 aliphatic rings. The maximum atomic E-state index is 10.9. The molecule has 0 atom stereocenters. The smallest absolute Gasteiger partial charge is 0.0954 e. The standard InChI is InChI=1S/C8H16NO/c1-7(2)9-5-3-8(10)4-6-9/h7-8H,3-6H2,1-2H3. The molecule has 1 aliphatic heterocycles. The van der Waals surface area contributed by atoms with E-state index in [-0.39, 0.29) is 6.10 Å². The van der Waals surface area contributed by atoms with Crippen molar-refractivity contribution in [3.05, 3.63) is 0 Å². The molecule has 1 saturated heterocycles. The highest BCUT2D eigenvalue weighted by Crippen LogP contribution is 2.12. The molecule has 1 radical (unpaired) electrons. The van der Waals surface area contributed by atoms with E-state index in [4.69, 9.17) is 0 Å². The van der Waals surface area contributed by atoms with Gasteiger partial charge in [-0.25, -0.2) is 5.11 Å². The van der Waals surface area contributed by atoms with E-state index in [1.54, 1.807) is 0 Å². The zero-order valence-electron chi connectivity index (χ0n) is 6.84. The van der Waals surface area contributed by atoms with Gasteiger partial charge >= 0.3 is 0 Å². The molecule has 0 amide bonds. The predicted molar refractivity (Wildman–Crippen MR) is 40.4 cm³/mol. The van der Waals surface area contributed by atoms with Crippen LogP contribution in [0.3, 0.4) is 0 Å². The summed E-state index contributed by atoms with van der Waals surface area (Å²) in [6.45, 7) is 6.38. The van der Waals surface area contributed by atoms with Crippen molar-refractivity contribution in [3.8, 4) is 0 Å². The van der Waals surface area contributed by atoms with Crippen molar-refractivity contribution in [3.63, 3.8) is 0 Å². The Hall–Kier alpha value is -0.0800. The second-order valence-corrected chi connectivity index (χ2v) is 3.33. The lowest BCUT2D eigenvalue weighted by Crippen LogP contribution is -2.39. The Bertz CT molecular complexity index is 95.4. The number of nitrogens with zero attached hydrogens (tertiary/aromatic N) is 1. The van der Waals surface area contributed by atoms with Crippen LogP contribution in [0.2, 0.25) is 0 Å². The lowest BCUT2D eigenvalue weighted by molar-refractivity contribution is 0.0196. The van der Waals surface area contributed by atoms with Crippen LogP contribution in [0.4, 0.5) is 0 Å². The Labute approximate surface area is 62.8 Å². The maximum Gasteiger partial charge on any atom is 0.0954 e. The number of likely N-dealkylation sites (tertiary alicyclic amines) is 1. The summed E-state index contributed by atoms with van der Waals surface area (Å²) in [6.07, 6.45) is 1.41. The second kappa shape index (κ2) is 3.35. The molecule has 0 spiro atoms. The predicted octanol–water partition coefficient (Wildman–Crippen LogP) is 1.29. The average Bonchev–Trinajstić information content (AvgIpc) is 1.88. The molecule has 0 unspecified atom stereocenters. The van der Waals surface area contributed by atoms with Crippen LogP contribution in [-0.4, -0.2) is 30.1 Å². The molecule has 10 heavy (non-hydrogen) atoms. The molecule has 0 bridgehead atoms. The largest absolute Gasteiger partial charge is 0.301 e. The molecule has 0 N–H and O–H groups in total. The minimum absolute atomic E-state index is 0.282. The molecule has 1 heterocycles. The zero-order chi connectivity index (χ0) is 7.56. The molecule has 0 saturated carbocycles. The van der Waals surface area contributed by atoms with Gasteiger partial charge in [0.05, 0.1) is 6.10 Å². The second-order valence-electron chi connectivity index (χ2n) is 3.33. The van der Waals surface area contributed by atoms with Crippen LogP contribution in [0.25, 0.3) is 0 Å². The van der Waals surface area contributed by atoms with Crippen molar-refractivity contribution in [1.29, 1.82) is 0 Å². The van der Waals surface area contributed by atoms with E-state index in [1.165, 1.54) is 0 Å². The molecule has 59 valence electrons. The lowest BCUT2D eigenvalue weighted by atomic mass is 10.1. The molecule has 0 aromatic rings. The Balaban J connectivity index is 2.26.